The SMILES string of the molecule is C[C@@H](Sc1nc2cc(Cl)ccc2c(=O)n1Cc1ccccc1)C(=O)Nc1cc([N+](=O)[O-])ccc1Cl. The number of aromatic nitrogens is 2. The van der Waals surface area contributed by atoms with Crippen molar-refractivity contribution in [1.29, 1.82) is 0 Å². The molecule has 178 valence electrons. The van der Waals surface area contributed by atoms with Crippen molar-refractivity contribution < 1.29 is 9.72 Å². The second-order valence-corrected chi connectivity index (χ2v) is 9.75. The van der Waals surface area contributed by atoms with Crippen molar-refractivity contribution in [1.82, 2.24) is 9.55 Å². The first-order chi connectivity index (χ1) is 16.7. The molecule has 0 radical (unpaired) electrons. The maximum atomic E-state index is 13.3. The fraction of sp³-hybridized carbons (Fsp3) is 0.125. The van der Waals surface area contributed by atoms with Gasteiger partial charge in [-0.15, -0.1) is 0 Å². The zero-order chi connectivity index (χ0) is 25.1. The second kappa shape index (κ2) is 10.5. The minimum atomic E-state index is -0.712. The van der Waals surface area contributed by atoms with Crippen molar-refractivity contribution in [2.45, 2.75) is 23.9 Å². The van der Waals surface area contributed by atoms with E-state index >= 15 is 0 Å². The molecule has 0 aliphatic rings. The number of fused-ring (bicyclic) bond motifs is 1. The topological polar surface area (TPSA) is 107 Å². The molecule has 4 aromatic rings. The fourth-order valence-electron chi connectivity index (χ4n) is 3.34. The lowest BCUT2D eigenvalue weighted by molar-refractivity contribution is -0.384. The molecule has 4 rings (SSSR count). The van der Waals surface area contributed by atoms with Crippen LogP contribution in [-0.2, 0) is 11.3 Å². The zero-order valence-corrected chi connectivity index (χ0v) is 20.6. The number of nitrogens with one attached hydrogen (secondary N) is 1. The fourth-order valence-corrected chi connectivity index (χ4v) is 4.58. The number of amides is 1. The first-order valence-electron chi connectivity index (χ1n) is 10.4. The smallest absolute Gasteiger partial charge is 0.271 e. The van der Waals surface area contributed by atoms with Gasteiger partial charge in [-0.05, 0) is 36.8 Å². The van der Waals surface area contributed by atoms with E-state index in [-0.39, 0.29) is 28.5 Å². The Labute approximate surface area is 214 Å². The molecular formula is C24H18Cl2N4O4S. The van der Waals surface area contributed by atoms with Gasteiger partial charge in [0.2, 0.25) is 5.91 Å². The number of benzene rings is 3. The van der Waals surface area contributed by atoms with Gasteiger partial charge in [-0.2, -0.15) is 0 Å². The van der Waals surface area contributed by atoms with E-state index in [1.807, 2.05) is 30.3 Å². The highest BCUT2D eigenvalue weighted by Gasteiger charge is 2.21. The monoisotopic (exact) mass is 528 g/mol. The molecule has 0 saturated carbocycles. The first-order valence-corrected chi connectivity index (χ1v) is 12.0. The van der Waals surface area contributed by atoms with Crippen molar-refractivity contribution in [3.63, 3.8) is 0 Å². The molecule has 0 saturated heterocycles. The van der Waals surface area contributed by atoms with Crippen LogP contribution in [0, 0.1) is 10.1 Å². The molecule has 1 amide bonds. The minimum Gasteiger partial charge on any atom is -0.324 e. The molecule has 0 fully saturated rings. The summed E-state index contributed by atoms with van der Waals surface area (Å²) in [5.41, 5.74) is 0.982. The Morgan fingerprint density at radius 1 is 1.14 bits per heavy atom. The Morgan fingerprint density at radius 2 is 1.89 bits per heavy atom. The largest absolute Gasteiger partial charge is 0.324 e. The van der Waals surface area contributed by atoms with E-state index in [2.05, 4.69) is 10.3 Å². The van der Waals surface area contributed by atoms with Crippen LogP contribution < -0.4 is 10.9 Å². The summed E-state index contributed by atoms with van der Waals surface area (Å²) in [7, 11) is 0. The average Bonchev–Trinajstić information content (AvgIpc) is 2.83. The maximum absolute atomic E-state index is 13.3. The van der Waals surface area contributed by atoms with Gasteiger partial charge in [0, 0.05) is 17.2 Å². The molecule has 11 heteroatoms. The molecule has 0 bridgehead atoms. The third-order valence-corrected chi connectivity index (χ3v) is 6.79. The predicted octanol–water partition coefficient (Wildman–Crippen LogP) is 5.78. The lowest BCUT2D eigenvalue weighted by Crippen LogP contribution is -2.27. The number of non-ortho nitro benzene ring substituents is 1. The summed E-state index contributed by atoms with van der Waals surface area (Å²) in [6.07, 6.45) is 0. The molecule has 1 heterocycles. The summed E-state index contributed by atoms with van der Waals surface area (Å²) in [6, 6.07) is 18.1. The van der Waals surface area contributed by atoms with Gasteiger partial charge >= 0.3 is 0 Å². The Morgan fingerprint density at radius 3 is 2.60 bits per heavy atom. The van der Waals surface area contributed by atoms with Crippen LogP contribution in [0.5, 0.6) is 0 Å². The number of carbonyl (C=O) groups excluding carboxylic acids is 1. The molecule has 8 nitrogen and oxygen atoms in total. The summed E-state index contributed by atoms with van der Waals surface area (Å²) >= 11 is 13.3. The van der Waals surface area contributed by atoms with Crippen molar-refractivity contribution in [2.24, 2.45) is 0 Å². The highest BCUT2D eigenvalue weighted by atomic mass is 35.5. The molecular weight excluding hydrogens is 511 g/mol. The summed E-state index contributed by atoms with van der Waals surface area (Å²) in [5, 5.41) is 14.3. The van der Waals surface area contributed by atoms with Crippen LogP contribution in [0.15, 0.2) is 76.7 Å². The summed E-state index contributed by atoms with van der Waals surface area (Å²) in [4.78, 5) is 41.4. The quantitative estimate of drug-likeness (QED) is 0.141. The summed E-state index contributed by atoms with van der Waals surface area (Å²) in [6.45, 7) is 1.91. The van der Waals surface area contributed by atoms with Crippen molar-refractivity contribution in [2.75, 3.05) is 5.32 Å². The molecule has 0 aliphatic heterocycles. The first kappa shape index (κ1) is 24.7. The average molecular weight is 529 g/mol. The van der Waals surface area contributed by atoms with Crippen LogP contribution in [0.2, 0.25) is 10.0 Å². The van der Waals surface area contributed by atoms with Crippen LogP contribution in [0.3, 0.4) is 0 Å². The number of hydrogen-bond acceptors (Lipinski definition) is 6. The van der Waals surface area contributed by atoms with Gasteiger partial charge in [0.1, 0.15) is 0 Å². The van der Waals surface area contributed by atoms with Crippen molar-refractivity contribution >= 4 is 63.1 Å². The molecule has 0 spiro atoms. The van der Waals surface area contributed by atoms with Gasteiger partial charge in [-0.1, -0.05) is 65.3 Å². The molecule has 0 aliphatic carbocycles. The van der Waals surface area contributed by atoms with Crippen LogP contribution >= 0.6 is 35.0 Å². The Hall–Kier alpha value is -3.40. The van der Waals surface area contributed by atoms with Gasteiger partial charge in [0.05, 0.1) is 38.3 Å². The lowest BCUT2D eigenvalue weighted by Gasteiger charge is -2.17. The predicted molar refractivity (Wildman–Crippen MR) is 139 cm³/mol. The third-order valence-electron chi connectivity index (χ3n) is 5.14. The molecule has 1 N–H and O–H groups in total. The number of carbonyl (C=O) groups is 1. The Bertz CT molecular complexity index is 1490. The van der Waals surface area contributed by atoms with E-state index in [4.69, 9.17) is 23.2 Å². The summed E-state index contributed by atoms with van der Waals surface area (Å²) < 4.78 is 1.51. The maximum Gasteiger partial charge on any atom is 0.271 e. The van der Waals surface area contributed by atoms with Gasteiger partial charge in [0.25, 0.3) is 11.2 Å². The van der Waals surface area contributed by atoms with Gasteiger partial charge in [0.15, 0.2) is 5.16 Å². The highest BCUT2D eigenvalue weighted by molar-refractivity contribution is 8.00. The number of rotatable bonds is 7. The van der Waals surface area contributed by atoms with E-state index in [0.717, 1.165) is 17.3 Å². The normalized spacial score (nSPS) is 11.9. The van der Waals surface area contributed by atoms with Crippen molar-refractivity contribution in [3.05, 3.63) is 103 Å². The van der Waals surface area contributed by atoms with Crippen LogP contribution in [0.25, 0.3) is 10.9 Å². The Balaban J connectivity index is 1.67. The number of halogens is 2. The van der Waals surface area contributed by atoms with Gasteiger partial charge in [-0.25, -0.2) is 4.98 Å². The molecule has 3 aromatic carbocycles. The zero-order valence-electron chi connectivity index (χ0n) is 18.3. The van der Waals surface area contributed by atoms with Gasteiger partial charge in [-0.3, -0.25) is 24.3 Å². The highest BCUT2D eigenvalue weighted by Crippen LogP contribution is 2.29. The van der Waals surface area contributed by atoms with Crippen LogP contribution in [-0.4, -0.2) is 25.6 Å². The lowest BCUT2D eigenvalue weighted by atomic mass is 10.2. The summed E-state index contributed by atoms with van der Waals surface area (Å²) in [5.74, 6) is -0.455. The number of nitro benzene ring substituents is 1. The van der Waals surface area contributed by atoms with E-state index in [0.29, 0.717) is 21.1 Å². The van der Waals surface area contributed by atoms with Crippen LogP contribution in [0.1, 0.15) is 12.5 Å². The van der Waals surface area contributed by atoms with E-state index in [1.165, 1.54) is 22.8 Å². The number of thioether (sulfide) groups is 1. The number of nitro groups is 1. The van der Waals surface area contributed by atoms with E-state index in [9.17, 15) is 19.7 Å². The molecule has 0 unspecified atom stereocenters. The number of anilines is 1. The van der Waals surface area contributed by atoms with E-state index in [1.54, 1.807) is 25.1 Å². The standard InChI is InChI=1S/C24H18Cl2N4O4S/c1-14(22(31)27-21-12-17(30(33)34)8-10-19(21)26)35-24-28-20-11-16(25)7-9-18(20)23(32)29(24)13-15-5-3-2-4-6-15/h2-12,14H,13H2,1H3,(H,27,31)/t14-/m1/s1. The van der Waals surface area contributed by atoms with Crippen molar-refractivity contribution in [3.8, 4) is 0 Å². The Kier molecular flexibility index (Phi) is 7.39. The molecule has 1 atom stereocenters. The molecule has 35 heavy (non-hydrogen) atoms. The second-order valence-electron chi connectivity index (χ2n) is 7.60. The van der Waals surface area contributed by atoms with Crippen LogP contribution in [0.4, 0.5) is 11.4 Å². The van der Waals surface area contributed by atoms with E-state index < -0.39 is 16.1 Å². The minimum absolute atomic E-state index is 0.123. The third kappa shape index (κ3) is 5.64. The number of nitrogens with zero attached hydrogens (tertiary/aromatic N) is 3. The van der Waals surface area contributed by atoms with Gasteiger partial charge < -0.3 is 5.32 Å². The molecule has 1 aromatic heterocycles. The number of hydrogen-bond donors (Lipinski definition) is 1.